The van der Waals surface area contributed by atoms with E-state index < -0.39 is 17.1 Å². The minimum absolute atomic E-state index is 0.0854. The first kappa shape index (κ1) is 12.8. The third-order valence-corrected chi connectivity index (χ3v) is 4.16. The second kappa shape index (κ2) is 5.04. The van der Waals surface area contributed by atoms with Crippen molar-refractivity contribution in [2.45, 2.75) is 25.7 Å². The first-order chi connectivity index (χ1) is 9.63. The molecule has 0 aromatic carbocycles. The average molecular weight is 292 g/mol. The smallest absolute Gasteiger partial charge is 0.328 e. The van der Waals surface area contributed by atoms with Crippen LogP contribution in [0.25, 0.3) is 0 Å². The van der Waals surface area contributed by atoms with Crippen molar-refractivity contribution in [2.24, 2.45) is 4.99 Å². The van der Waals surface area contributed by atoms with Crippen molar-refractivity contribution in [2.75, 3.05) is 0 Å². The number of aromatic nitrogens is 3. The number of aliphatic imine (C=N–C) groups is 1. The van der Waals surface area contributed by atoms with Gasteiger partial charge in [-0.1, -0.05) is 11.3 Å². The summed E-state index contributed by atoms with van der Waals surface area (Å²) in [5.41, 5.74) is -0.448. The lowest BCUT2D eigenvalue weighted by Crippen LogP contribution is -2.24. The number of thiazole rings is 1. The third-order valence-electron chi connectivity index (χ3n) is 3.10. The molecule has 1 aliphatic rings. The molecular weight excluding hydrogens is 280 g/mol. The lowest BCUT2D eigenvalue weighted by atomic mass is 10.0. The van der Waals surface area contributed by atoms with E-state index in [1.165, 1.54) is 28.8 Å². The lowest BCUT2D eigenvalue weighted by molar-refractivity contribution is 0.447. The van der Waals surface area contributed by atoms with Gasteiger partial charge in [-0.2, -0.15) is 0 Å². The van der Waals surface area contributed by atoms with Gasteiger partial charge in [-0.3, -0.25) is 14.8 Å². The van der Waals surface area contributed by atoms with Gasteiger partial charge in [0.2, 0.25) is 11.0 Å². The van der Waals surface area contributed by atoms with Gasteiger partial charge >= 0.3 is 5.69 Å². The van der Waals surface area contributed by atoms with E-state index in [9.17, 15) is 14.7 Å². The fourth-order valence-corrected chi connectivity index (χ4v) is 3.11. The summed E-state index contributed by atoms with van der Waals surface area (Å²) < 4.78 is 0. The monoisotopic (exact) mass is 292 g/mol. The zero-order valence-electron chi connectivity index (χ0n) is 10.5. The van der Waals surface area contributed by atoms with E-state index >= 15 is 0 Å². The zero-order chi connectivity index (χ0) is 14.1. The molecule has 104 valence electrons. The quantitative estimate of drug-likeness (QED) is 0.712. The Hall–Kier alpha value is -2.22. The van der Waals surface area contributed by atoms with Gasteiger partial charge in [0.25, 0.3) is 5.56 Å². The van der Waals surface area contributed by atoms with Crippen LogP contribution < -0.4 is 11.2 Å². The molecule has 0 bridgehead atoms. The Morgan fingerprint density at radius 3 is 2.80 bits per heavy atom. The molecule has 0 aliphatic heterocycles. The van der Waals surface area contributed by atoms with Gasteiger partial charge in [0.1, 0.15) is 5.56 Å². The Labute approximate surface area is 117 Å². The average Bonchev–Trinajstić information content (AvgIpc) is 2.80. The van der Waals surface area contributed by atoms with E-state index in [1.807, 2.05) is 4.98 Å². The van der Waals surface area contributed by atoms with Gasteiger partial charge in [0.15, 0.2) is 0 Å². The van der Waals surface area contributed by atoms with Crippen LogP contribution in [-0.4, -0.2) is 26.3 Å². The predicted octanol–water partition coefficient (Wildman–Crippen LogP) is 0.855. The highest BCUT2D eigenvalue weighted by Gasteiger charge is 2.14. The molecule has 0 unspecified atom stereocenters. The summed E-state index contributed by atoms with van der Waals surface area (Å²) in [6, 6.07) is 0. The third kappa shape index (κ3) is 2.42. The number of nitrogens with one attached hydrogen (secondary N) is 2. The maximum absolute atomic E-state index is 11.5. The normalized spacial score (nSPS) is 14.6. The molecule has 2 aromatic rings. The van der Waals surface area contributed by atoms with Crippen molar-refractivity contribution in [3.05, 3.63) is 37.0 Å². The van der Waals surface area contributed by atoms with Crippen molar-refractivity contribution in [3.8, 4) is 5.88 Å². The molecule has 0 radical (unpaired) electrons. The SMILES string of the molecule is O=c1[nH]c(O)c(/C=N/c2nc3c(s2)CCCC3)c(=O)[nH]1. The van der Waals surface area contributed by atoms with Crippen molar-refractivity contribution in [1.82, 2.24) is 15.0 Å². The Balaban J connectivity index is 1.93. The zero-order valence-corrected chi connectivity index (χ0v) is 11.3. The van der Waals surface area contributed by atoms with Gasteiger partial charge in [-0.05, 0) is 25.7 Å². The van der Waals surface area contributed by atoms with E-state index in [-0.39, 0.29) is 5.56 Å². The summed E-state index contributed by atoms with van der Waals surface area (Å²) in [5.74, 6) is -0.496. The fourth-order valence-electron chi connectivity index (χ4n) is 2.12. The summed E-state index contributed by atoms with van der Waals surface area (Å²) in [6.45, 7) is 0. The molecule has 2 aromatic heterocycles. The first-order valence-electron chi connectivity index (χ1n) is 6.21. The molecule has 0 atom stereocenters. The van der Waals surface area contributed by atoms with Gasteiger partial charge in [0.05, 0.1) is 5.69 Å². The van der Waals surface area contributed by atoms with Crippen LogP contribution in [0.3, 0.4) is 0 Å². The molecule has 8 heteroatoms. The molecule has 0 fully saturated rings. The Morgan fingerprint density at radius 1 is 1.25 bits per heavy atom. The molecular formula is C12H12N4O3S. The topological polar surface area (TPSA) is 111 Å². The van der Waals surface area contributed by atoms with Crippen LogP contribution in [-0.2, 0) is 12.8 Å². The summed E-state index contributed by atoms with van der Waals surface area (Å²) in [7, 11) is 0. The van der Waals surface area contributed by atoms with Crippen molar-refractivity contribution >= 4 is 22.7 Å². The second-order valence-electron chi connectivity index (χ2n) is 4.50. The number of nitrogens with zero attached hydrogens (tertiary/aromatic N) is 2. The van der Waals surface area contributed by atoms with Crippen LogP contribution in [0.15, 0.2) is 14.6 Å². The molecule has 0 saturated heterocycles. The summed E-state index contributed by atoms with van der Waals surface area (Å²) in [5, 5.41) is 10.1. The maximum atomic E-state index is 11.5. The second-order valence-corrected chi connectivity index (χ2v) is 5.56. The summed E-state index contributed by atoms with van der Waals surface area (Å²) in [4.78, 5) is 36.4. The van der Waals surface area contributed by atoms with Gasteiger partial charge in [0, 0.05) is 11.1 Å². The number of aryl methyl sites for hydroxylation is 2. The van der Waals surface area contributed by atoms with Crippen LogP contribution >= 0.6 is 11.3 Å². The van der Waals surface area contributed by atoms with Crippen molar-refractivity contribution < 1.29 is 5.11 Å². The van der Waals surface area contributed by atoms with Gasteiger partial charge in [-0.25, -0.2) is 14.8 Å². The first-order valence-corrected chi connectivity index (χ1v) is 7.03. The highest BCUT2D eigenvalue weighted by atomic mass is 32.1. The number of aromatic hydroxyl groups is 1. The van der Waals surface area contributed by atoms with E-state index in [0.717, 1.165) is 25.0 Å². The van der Waals surface area contributed by atoms with E-state index in [2.05, 4.69) is 15.0 Å². The van der Waals surface area contributed by atoms with Crippen molar-refractivity contribution in [1.29, 1.82) is 0 Å². The number of hydrogen-bond donors (Lipinski definition) is 3. The van der Waals surface area contributed by atoms with Gasteiger partial charge in [-0.15, -0.1) is 0 Å². The summed E-state index contributed by atoms with van der Waals surface area (Å²) in [6.07, 6.45) is 5.51. The number of hydrogen-bond acceptors (Lipinski definition) is 6. The van der Waals surface area contributed by atoms with E-state index in [4.69, 9.17) is 0 Å². The number of aromatic amines is 2. The molecule has 0 amide bonds. The predicted molar refractivity (Wildman–Crippen MR) is 75.4 cm³/mol. The Kier molecular flexibility index (Phi) is 3.23. The molecule has 0 saturated carbocycles. The Morgan fingerprint density at radius 2 is 2.05 bits per heavy atom. The van der Waals surface area contributed by atoms with Crippen molar-refractivity contribution in [3.63, 3.8) is 0 Å². The maximum Gasteiger partial charge on any atom is 0.328 e. The highest BCUT2D eigenvalue weighted by molar-refractivity contribution is 7.15. The number of H-pyrrole nitrogens is 2. The molecule has 1 aliphatic carbocycles. The molecule has 20 heavy (non-hydrogen) atoms. The Bertz CT molecular complexity index is 763. The largest absolute Gasteiger partial charge is 0.494 e. The van der Waals surface area contributed by atoms with Crippen LogP contribution in [0, 0.1) is 0 Å². The minimum Gasteiger partial charge on any atom is -0.494 e. The van der Waals surface area contributed by atoms with Crippen LogP contribution in [0.4, 0.5) is 5.13 Å². The fraction of sp³-hybridized carbons (Fsp3) is 0.333. The molecule has 3 N–H and O–H groups in total. The molecule has 0 spiro atoms. The van der Waals surface area contributed by atoms with Gasteiger partial charge < -0.3 is 5.11 Å². The molecule has 3 rings (SSSR count). The summed E-state index contributed by atoms with van der Waals surface area (Å²) >= 11 is 1.49. The number of rotatable bonds is 2. The van der Waals surface area contributed by atoms with E-state index in [0.29, 0.717) is 5.13 Å². The molecule has 7 nitrogen and oxygen atoms in total. The standard InChI is InChI=1S/C12H12N4O3S/c17-9-6(10(18)16-11(19)15-9)5-13-12-14-7-3-1-2-4-8(7)20-12/h5H,1-4H2,(H3,15,16,17,18,19)/b13-5+. The van der Waals surface area contributed by atoms with Crippen LogP contribution in [0.1, 0.15) is 29.0 Å². The minimum atomic E-state index is -0.755. The molecule has 2 heterocycles. The highest BCUT2D eigenvalue weighted by Crippen LogP contribution is 2.31. The number of fused-ring (bicyclic) bond motifs is 1. The lowest BCUT2D eigenvalue weighted by Gasteiger charge is -2.06. The van der Waals surface area contributed by atoms with E-state index in [1.54, 1.807) is 0 Å². The van der Waals surface area contributed by atoms with Crippen LogP contribution in [0.5, 0.6) is 5.88 Å². The van der Waals surface area contributed by atoms with Crippen LogP contribution in [0.2, 0.25) is 0 Å².